The van der Waals surface area contributed by atoms with E-state index in [1.165, 1.54) is 258 Å². The average molecular weight is 815 g/mol. The van der Waals surface area contributed by atoms with Gasteiger partial charge in [0, 0.05) is 26.2 Å². The Bertz CT molecular complexity index is 772. The van der Waals surface area contributed by atoms with Crippen LogP contribution in [0, 0.1) is 11.8 Å². The Kier molecular flexibility index (Phi) is 43.6. The van der Waals surface area contributed by atoms with E-state index in [9.17, 15) is 0 Å². The van der Waals surface area contributed by atoms with Gasteiger partial charge in [-0.1, -0.05) is 141 Å². The molecule has 58 heavy (non-hydrogen) atoms. The number of allylic oxidation sites excluding steroid dienone is 4. The Morgan fingerprint density at radius 2 is 0.707 bits per heavy atom. The highest BCUT2D eigenvalue weighted by molar-refractivity contribution is 4.82. The second-order valence-electron chi connectivity index (χ2n) is 18.4. The molecule has 6 nitrogen and oxygen atoms in total. The van der Waals surface area contributed by atoms with Crippen molar-refractivity contribution in [3.05, 3.63) is 24.3 Å². The highest BCUT2D eigenvalue weighted by atomic mass is 15.3. The van der Waals surface area contributed by atoms with Gasteiger partial charge in [-0.25, -0.2) is 0 Å². The van der Waals surface area contributed by atoms with Gasteiger partial charge in [0.25, 0.3) is 0 Å². The summed E-state index contributed by atoms with van der Waals surface area (Å²) in [6.07, 6.45) is 52.9. The average Bonchev–Trinajstić information content (AvgIpc) is 3.24. The summed E-state index contributed by atoms with van der Waals surface area (Å²) in [7, 11) is 0. The maximum Gasteiger partial charge on any atom is 0.0110 e. The molecule has 0 aromatic rings. The summed E-state index contributed by atoms with van der Waals surface area (Å²) in [6, 6.07) is 0. The first-order valence-corrected chi connectivity index (χ1v) is 26.3. The highest BCUT2D eigenvalue weighted by Crippen LogP contribution is 2.21. The number of piperazine rings is 1. The molecule has 1 aliphatic heterocycles. The fourth-order valence-corrected chi connectivity index (χ4v) is 8.93. The largest absolute Gasteiger partial charge is 0.330 e. The Balaban J connectivity index is 2.01. The Morgan fingerprint density at radius 1 is 0.379 bits per heavy atom. The first-order chi connectivity index (χ1) is 28.7. The van der Waals surface area contributed by atoms with Crippen molar-refractivity contribution in [1.82, 2.24) is 20.4 Å². The monoisotopic (exact) mass is 815 g/mol. The van der Waals surface area contributed by atoms with Crippen LogP contribution in [0.4, 0.5) is 0 Å². The summed E-state index contributed by atoms with van der Waals surface area (Å²) in [5.41, 5.74) is 11.8. The number of hydrogen-bond acceptors (Lipinski definition) is 6. The predicted molar refractivity (Wildman–Crippen MR) is 261 cm³/mol. The second kappa shape index (κ2) is 45.8. The molecule has 0 spiro atoms. The summed E-state index contributed by atoms with van der Waals surface area (Å²) in [5, 5.41) is 7.58. The quantitative estimate of drug-likeness (QED) is 0.0362. The first-order valence-electron chi connectivity index (χ1n) is 26.3. The maximum atomic E-state index is 5.89. The zero-order valence-corrected chi connectivity index (χ0v) is 39.6. The molecule has 1 aliphatic rings. The molecule has 2 atom stereocenters. The van der Waals surface area contributed by atoms with Gasteiger partial charge < -0.3 is 31.9 Å². The summed E-state index contributed by atoms with van der Waals surface area (Å²) in [6.45, 7) is 18.4. The molecule has 0 aliphatic carbocycles. The van der Waals surface area contributed by atoms with Crippen LogP contribution in [-0.2, 0) is 0 Å². The molecule has 0 radical (unpaired) electrons. The molecule has 0 saturated carbocycles. The first kappa shape index (κ1) is 55.3. The van der Waals surface area contributed by atoms with Crippen molar-refractivity contribution in [2.75, 3.05) is 78.5 Å². The molecule has 0 aromatic heterocycles. The number of hydrogen-bond donors (Lipinski definition) is 4. The van der Waals surface area contributed by atoms with Crippen molar-refractivity contribution >= 4 is 0 Å². The van der Waals surface area contributed by atoms with E-state index in [4.69, 9.17) is 11.5 Å². The van der Waals surface area contributed by atoms with Crippen LogP contribution >= 0.6 is 0 Å². The minimum atomic E-state index is 0.839. The van der Waals surface area contributed by atoms with Gasteiger partial charge in [-0.05, 0) is 167 Å². The van der Waals surface area contributed by atoms with Gasteiger partial charge in [-0.3, -0.25) is 0 Å². The molecular formula is C52H106N6. The van der Waals surface area contributed by atoms with E-state index in [1.807, 2.05) is 0 Å². The molecule has 0 aromatic carbocycles. The van der Waals surface area contributed by atoms with Crippen LogP contribution in [0.15, 0.2) is 24.3 Å². The number of unbranched alkanes of at least 4 members (excludes halogenated alkanes) is 18. The van der Waals surface area contributed by atoms with Gasteiger partial charge >= 0.3 is 0 Å². The van der Waals surface area contributed by atoms with Crippen molar-refractivity contribution in [3.8, 4) is 0 Å². The molecule has 6 N–H and O–H groups in total. The van der Waals surface area contributed by atoms with Crippen LogP contribution in [0.1, 0.15) is 219 Å². The summed E-state index contributed by atoms with van der Waals surface area (Å²) in [5.74, 6) is 1.69. The Labute approximate surface area is 364 Å². The van der Waals surface area contributed by atoms with Crippen molar-refractivity contribution < 1.29 is 0 Å². The standard InChI is InChI=1S/C52H106N6/c1-3-5-7-9-11-13-15-17-19-21-23-25-27-33-51(35-29-39-53)37-43-55-41-31-45-57-47-49-58(50-48-57)46-32-42-56-44-38-52(36-30-40-54)34-28-26-24-22-20-18-16-14-12-10-8-6-4-2/h17-20,51-52,55-56H,3-16,21-50,53-54H2,1-2H3/b19-17-,20-18-. The van der Waals surface area contributed by atoms with E-state index >= 15 is 0 Å². The van der Waals surface area contributed by atoms with E-state index in [2.05, 4.69) is 58.6 Å². The molecule has 6 heteroatoms. The van der Waals surface area contributed by atoms with Gasteiger partial charge in [-0.15, -0.1) is 0 Å². The number of rotatable bonds is 46. The normalized spacial score (nSPS) is 15.4. The molecule has 344 valence electrons. The molecule has 1 saturated heterocycles. The zero-order chi connectivity index (χ0) is 41.7. The van der Waals surface area contributed by atoms with Gasteiger partial charge in [0.05, 0.1) is 0 Å². The van der Waals surface area contributed by atoms with Gasteiger partial charge in [-0.2, -0.15) is 0 Å². The third-order valence-electron chi connectivity index (χ3n) is 13.0. The van der Waals surface area contributed by atoms with Crippen molar-refractivity contribution in [2.24, 2.45) is 23.3 Å². The molecule has 0 amide bonds. The molecule has 2 unspecified atom stereocenters. The lowest BCUT2D eigenvalue weighted by molar-refractivity contribution is 0.130. The van der Waals surface area contributed by atoms with E-state index in [0.717, 1.165) is 38.0 Å². The van der Waals surface area contributed by atoms with Crippen molar-refractivity contribution in [3.63, 3.8) is 0 Å². The maximum absolute atomic E-state index is 5.89. The van der Waals surface area contributed by atoms with Gasteiger partial charge in [0.15, 0.2) is 0 Å². The molecule has 0 bridgehead atoms. The number of nitrogens with one attached hydrogen (secondary N) is 2. The minimum absolute atomic E-state index is 0.839. The zero-order valence-electron chi connectivity index (χ0n) is 39.6. The smallest absolute Gasteiger partial charge is 0.0110 e. The van der Waals surface area contributed by atoms with Crippen LogP contribution in [0.2, 0.25) is 0 Å². The Hall–Kier alpha value is -0.760. The van der Waals surface area contributed by atoms with E-state index < -0.39 is 0 Å². The van der Waals surface area contributed by atoms with Crippen LogP contribution in [0.5, 0.6) is 0 Å². The van der Waals surface area contributed by atoms with E-state index in [1.54, 1.807) is 0 Å². The predicted octanol–water partition coefficient (Wildman–Crippen LogP) is 12.6. The van der Waals surface area contributed by atoms with Crippen LogP contribution in [-0.4, -0.2) is 88.3 Å². The SMILES string of the molecule is CCCCCCCC/C=C\CCCCCC(CCCN)CCNCCCN1CCN(CCCNCCC(CCCN)CCCCC/C=C\CCCCCCCC)CC1. The minimum Gasteiger partial charge on any atom is -0.330 e. The fraction of sp³-hybridized carbons (Fsp3) is 0.923. The number of nitrogens with two attached hydrogens (primary N) is 2. The summed E-state index contributed by atoms with van der Waals surface area (Å²) < 4.78 is 0. The van der Waals surface area contributed by atoms with Crippen molar-refractivity contribution in [2.45, 2.75) is 219 Å². The highest BCUT2D eigenvalue weighted by Gasteiger charge is 2.16. The van der Waals surface area contributed by atoms with Crippen LogP contribution < -0.4 is 22.1 Å². The van der Waals surface area contributed by atoms with Gasteiger partial charge in [0.1, 0.15) is 0 Å². The number of nitrogens with zero attached hydrogens (tertiary/aromatic N) is 2. The lowest BCUT2D eigenvalue weighted by Crippen LogP contribution is -2.47. The summed E-state index contributed by atoms with van der Waals surface area (Å²) in [4.78, 5) is 5.39. The van der Waals surface area contributed by atoms with Crippen LogP contribution in [0.3, 0.4) is 0 Å². The molecular weight excluding hydrogens is 709 g/mol. The molecule has 1 fully saturated rings. The Morgan fingerprint density at radius 3 is 1.07 bits per heavy atom. The molecule has 1 rings (SSSR count). The lowest BCUT2D eigenvalue weighted by atomic mass is 9.92. The van der Waals surface area contributed by atoms with Gasteiger partial charge in [0.2, 0.25) is 0 Å². The third kappa shape index (κ3) is 38.2. The van der Waals surface area contributed by atoms with Crippen molar-refractivity contribution in [1.29, 1.82) is 0 Å². The van der Waals surface area contributed by atoms with E-state index in [-0.39, 0.29) is 0 Å². The lowest BCUT2D eigenvalue weighted by Gasteiger charge is -2.34. The topological polar surface area (TPSA) is 82.6 Å². The second-order valence-corrected chi connectivity index (χ2v) is 18.4. The summed E-state index contributed by atoms with van der Waals surface area (Å²) >= 11 is 0. The van der Waals surface area contributed by atoms with Crippen LogP contribution in [0.25, 0.3) is 0 Å². The third-order valence-corrected chi connectivity index (χ3v) is 13.0. The fourth-order valence-electron chi connectivity index (χ4n) is 8.93. The van der Waals surface area contributed by atoms with E-state index in [0.29, 0.717) is 0 Å². The molecule has 1 heterocycles.